The minimum atomic E-state index is -0.220. The van der Waals surface area contributed by atoms with Crippen molar-refractivity contribution < 1.29 is 4.79 Å². The van der Waals surface area contributed by atoms with Gasteiger partial charge in [0.1, 0.15) is 4.08 Å². The molecule has 0 saturated carbocycles. The summed E-state index contributed by atoms with van der Waals surface area (Å²) in [6.45, 7) is 2.03. The van der Waals surface area contributed by atoms with Crippen LogP contribution in [0.1, 0.15) is 13.3 Å². The van der Waals surface area contributed by atoms with Gasteiger partial charge in [-0.2, -0.15) is 0 Å². The molecule has 0 N–H and O–H groups in total. The molecule has 0 unspecified atom stereocenters. The van der Waals surface area contributed by atoms with Crippen molar-refractivity contribution in [2.45, 2.75) is 17.4 Å². The lowest BCUT2D eigenvalue weighted by molar-refractivity contribution is -0.128. The Bertz CT molecular complexity index is 176. The summed E-state index contributed by atoms with van der Waals surface area (Å²) in [6.07, 6.45) is 1.23. The van der Waals surface area contributed by atoms with Gasteiger partial charge in [0, 0.05) is 14.1 Å². The van der Waals surface area contributed by atoms with Gasteiger partial charge in [0.05, 0.1) is 0 Å². The van der Waals surface area contributed by atoms with Crippen LogP contribution in [0.3, 0.4) is 0 Å². The molecule has 70 valence electrons. The van der Waals surface area contributed by atoms with Crippen LogP contribution in [0, 0.1) is 0 Å². The van der Waals surface area contributed by atoms with E-state index >= 15 is 0 Å². The largest absolute Gasteiger partial charge is 0.347 e. The molecule has 1 saturated heterocycles. The molecule has 12 heavy (non-hydrogen) atoms. The van der Waals surface area contributed by atoms with E-state index < -0.39 is 0 Å². The van der Waals surface area contributed by atoms with E-state index in [2.05, 4.69) is 0 Å². The number of thioether (sulfide) groups is 2. The smallest absolute Gasteiger partial charge is 0.248 e. The predicted molar refractivity (Wildman–Crippen MR) is 56.6 cm³/mol. The summed E-state index contributed by atoms with van der Waals surface area (Å²) in [4.78, 5) is 13.4. The van der Waals surface area contributed by atoms with E-state index in [-0.39, 0.29) is 9.99 Å². The fraction of sp³-hybridized carbons (Fsp3) is 0.875. The topological polar surface area (TPSA) is 20.3 Å². The first-order chi connectivity index (χ1) is 5.56. The standard InChI is InChI=1S/C8H15NOS2/c1-8(7(10)9(2)3)11-5-4-6-12-8/h4-6H2,1-3H3. The minimum Gasteiger partial charge on any atom is -0.347 e. The van der Waals surface area contributed by atoms with Crippen molar-refractivity contribution in [1.29, 1.82) is 0 Å². The molecular formula is C8H15NOS2. The van der Waals surface area contributed by atoms with Crippen LogP contribution in [0.4, 0.5) is 0 Å². The molecule has 0 spiro atoms. The van der Waals surface area contributed by atoms with Crippen molar-refractivity contribution in [3.63, 3.8) is 0 Å². The zero-order chi connectivity index (χ0) is 9.19. The third kappa shape index (κ3) is 2.10. The maximum Gasteiger partial charge on any atom is 0.248 e. The van der Waals surface area contributed by atoms with Crippen LogP contribution in [0.25, 0.3) is 0 Å². The second-order valence-corrected chi connectivity index (χ2v) is 6.48. The SMILES string of the molecule is CN(C)C(=O)C1(C)SCCCS1. The fourth-order valence-corrected chi connectivity index (χ4v) is 4.15. The Labute approximate surface area is 82.5 Å². The summed E-state index contributed by atoms with van der Waals surface area (Å²) >= 11 is 3.55. The maximum atomic E-state index is 11.7. The van der Waals surface area contributed by atoms with Crippen molar-refractivity contribution in [3.8, 4) is 0 Å². The third-order valence-electron chi connectivity index (χ3n) is 1.84. The van der Waals surface area contributed by atoms with Crippen LogP contribution < -0.4 is 0 Å². The molecule has 0 atom stereocenters. The first kappa shape index (κ1) is 10.3. The predicted octanol–water partition coefficient (Wildman–Crippen LogP) is 1.66. The maximum absolute atomic E-state index is 11.7. The number of amides is 1. The second-order valence-electron chi connectivity index (χ2n) is 3.20. The van der Waals surface area contributed by atoms with Crippen molar-refractivity contribution in [1.82, 2.24) is 4.90 Å². The van der Waals surface area contributed by atoms with Gasteiger partial charge in [0.2, 0.25) is 5.91 Å². The van der Waals surface area contributed by atoms with Crippen LogP contribution in [-0.2, 0) is 4.79 Å². The Balaban J connectivity index is 2.62. The molecule has 1 fully saturated rings. The number of carbonyl (C=O) groups is 1. The lowest BCUT2D eigenvalue weighted by Gasteiger charge is -2.32. The second kappa shape index (κ2) is 3.92. The normalized spacial score (nSPS) is 21.9. The molecule has 0 bridgehead atoms. The van der Waals surface area contributed by atoms with Gasteiger partial charge in [-0.05, 0) is 24.9 Å². The highest BCUT2D eigenvalue weighted by Gasteiger charge is 2.37. The Hall–Kier alpha value is 0.170. The molecule has 1 heterocycles. The molecule has 0 aromatic heterocycles. The summed E-state index contributed by atoms with van der Waals surface area (Å²) < 4.78 is -0.220. The van der Waals surface area contributed by atoms with Gasteiger partial charge in [-0.3, -0.25) is 4.79 Å². The average molecular weight is 205 g/mol. The number of nitrogens with zero attached hydrogens (tertiary/aromatic N) is 1. The number of hydrogen-bond donors (Lipinski definition) is 0. The molecular weight excluding hydrogens is 190 g/mol. The van der Waals surface area contributed by atoms with Crippen LogP contribution >= 0.6 is 23.5 Å². The molecule has 1 aliphatic heterocycles. The van der Waals surface area contributed by atoms with E-state index in [0.29, 0.717) is 0 Å². The molecule has 0 aromatic rings. The van der Waals surface area contributed by atoms with Crippen LogP contribution in [0.15, 0.2) is 0 Å². The molecule has 1 aliphatic rings. The van der Waals surface area contributed by atoms with E-state index in [1.807, 2.05) is 21.0 Å². The van der Waals surface area contributed by atoms with Gasteiger partial charge < -0.3 is 4.90 Å². The minimum absolute atomic E-state index is 0.220. The van der Waals surface area contributed by atoms with E-state index in [1.165, 1.54) is 6.42 Å². The summed E-state index contributed by atoms with van der Waals surface area (Å²) in [5.74, 6) is 2.46. The molecule has 1 amide bonds. The van der Waals surface area contributed by atoms with Gasteiger partial charge >= 0.3 is 0 Å². The van der Waals surface area contributed by atoms with Crippen molar-refractivity contribution >= 4 is 29.4 Å². The molecule has 0 radical (unpaired) electrons. The van der Waals surface area contributed by atoms with Gasteiger partial charge in [-0.25, -0.2) is 0 Å². The molecule has 4 heteroatoms. The lowest BCUT2D eigenvalue weighted by atomic mass is 10.4. The van der Waals surface area contributed by atoms with Gasteiger partial charge in [-0.1, -0.05) is 0 Å². The van der Waals surface area contributed by atoms with E-state index in [1.54, 1.807) is 28.4 Å². The van der Waals surface area contributed by atoms with E-state index in [0.717, 1.165) is 11.5 Å². The number of rotatable bonds is 1. The third-order valence-corrected chi connectivity index (χ3v) is 4.98. The van der Waals surface area contributed by atoms with Gasteiger partial charge in [-0.15, -0.1) is 23.5 Å². The molecule has 2 nitrogen and oxygen atoms in total. The summed E-state index contributed by atoms with van der Waals surface area (Å²) in [5.41, 5.74) is 0. The Kier molecular flexibility index (Phi) is 3.35. The van der Waals surface area contributed by atoms with Crippen molar-refractivity contribution in [2.75, 3.05) is 25.6 Å². The van der Waals surface area contributed by atoms with Gasteiger partial charge in [0.25, 0.3) is 0 Å². The fourth-order valence-electron chi connectivity index (χ4n) is 1.16. The highest BCUT2D eigenvalue weighted by Crippen LogP contribution is 2.42. The van der Waals surface area contributed by atoms with Gasteiger partial charge in [0.15, 0.2) is 0 Å². The van der Waals surface area contributed by atoms with Crippen molar-refractivity contribution in [3.05, 3.63) is 0 Å². The Morgan fingerprint density at radius 2 is 1.83 bits per heavy atom. The van der Waals surface area contributed by atoms with Crippen LogP contribution in [0.2, 0.25) is 0 Å². The summed E-state index contributed by atoms with van der Waals surface area (Å²) in [6, 6.07) is 0. The Morgan fingerprint density at radius 1 is 1.33 bits per heavy atom. The quantitative estimate of drug-likeness (QED) is 0.649. The molecule has 1 rings (SSSR count). The Morgan fingerprint density at radius 3 is 2.25 bits per heavy atom. The average Bonchev–Trinajstić information content (AvgIpc) is 2.04. The zero-order valence-corrected chi connectivity index (χ0v) is 9.43. The monoisotopic (exact) mass is 205 g/mol. The number of carbonyl (C=O) groups excluding carboxylic acids is 1. The van der Waals surface area contributed by atoms with Crippen LogP contribution in [0.5, 0.6) is 0 Å². The zero-order valence-electron chi connectivity index (χ0n) is 7.79. The first-order valence-electron chi connectivity index (χ1n) is 4.06. The highest BCUT2D eigenvalue weighted by molar-refractivity contribution is 8.19. The number of hydrogen-bond acceptors (Lipinski definition) is 3. The summed E-state index contributed by atoms with van der Waals surface area (Å²) in [5, 5.41) is 0. The molecule has 0 aromatic carbocycles. The van der Waals surface area contributed by atoms with Crippen LogP contribution in [-0.4, -0.2) is 40.5 Å². The van der Waals surface area contributed by atoms with E-state index in [9.17, 15) is 4.79 Å². The van der Waals surface area contributed by atoms with Crippen molar-refractivity contribution in [2.24, 2.45) is 0 Å². The summed E-state index contributed by atoms with van der Waals surface area (Å²) in [7, 11) is 3.65. The highest BCUT2D eigenvalue weighted by atomic mass is 32.2. The molecule has 0 aliphatic carbocycles. The van der Waals surface area contributed by atoms with E-state index in [4.69, 9.17) is 0 Å². The lowest BCUT2D eigenvalue weighted by Crippen LogP contribution is -2.40. The first-order valence-corrected chi connectivity index (χ1v) is 6.03.